The van der Waals surface area contributed by atoms with Crippen LogP contribution >= 0.6 is 0 Å². The maximum absolute atomic E-state index is 12.8. The number of anilines is 1. The Hall–Kier alpha value is -1.11. The Kier molecular flexibility index (Phi) is 5.24. The highest BCUT2D eigenvalue weighted by atomic mass is 32.2. The fourth-order valence-electron chi connectivity index (χ4n) is 2.49. The summed E-state index contributed by atoms with van der Waals surface area (Å²) >= 11 is 0. The average molecular weight is 311 g/mol. The zero-order valence-corrected chi connectivity index (χ0v) is 13.9. The van der Waals surface area contributed by atoms with Crippen LogP contribution in [-0.4, -0.2) is 57.9 Å². The summed E-state index contributed by atoms with van der Waals surface area (Å²) in [4.78, 5) is 2.39. The fraction of sp³-hybridized carbons (Fsp3) is 0.600. The van der Waals surface area contributed by atoms with E-state index < -0.39 is 10.0 Å². The Balaban J connectivity index is 2.24. The van der Waals surface area contributed by atoms with E-state index in [-0.39, 0.29) is 0 Å². The molecule has 0 atom stereocenters. The molecule has 118 valence electrons. The number of fused-ring (bicyclic) bond motifs is 1. The maximum Gasteiger partial charge on any atom is 0.243 e. The van der Waals surface area contributed by atoms with Crippen LogP contribution in [0.5, 0.6) is 0 Å². The summed E-state index contributed by atoms with van der Waals surface area (Å²) in [6.07, 6.45) is 1.78. The van der Waals surface area contributed by atoms with Gasteiger partial charge in [0, 0.05) is 31.9 Å². The molecule has 0 fully saturated rings. The van der Waals surface area contributed by atoms with Crippen molar-refractivity contribution in [2.75, 3.05) is 45.6 Å². The van der Waals surface area contributed by atoms with Crippen molar-refractivity contribution in [2.24, 2.45) is 0 Å². The van der Waals surface area contributed by atoms with Crippen LogP contribution in [-0.2, 0) is 16.4 Å². The lowest BCUT2D eigenvalue weighted by Gasteiger charge is -2.23. The Labute approximate surface area is 128 Å². The van der Waals surface area contributed by atoms with Gasteiger partial charge in [0.05, 0.1) is 4.90 Å². The van der Waals surface area contributed by atoms with Crippen LogP contribution < -0.4 is 5.32 Å². The van der Waals surface area contributed by atoms with Crippen LogP contribution in [0.25, 0.3) is 0 Å². The fourth-order valence-corrected chi connectivity index (χ4v) is 4.04. The van der Waals surface area contributed by atoms with E-state index in [9.17, 15) is 8.42 Å². The summed E-state index contributed by atoms with van der Waals surface area (Å²) in [6.45, 7) is 4.69. The Morgan fingerprint density at radius 2 is 1.95 bits per heavy atom. The molecule has 1 aromatic carbocycles. The third-order valence-electron chi connectivity index (χ3n) is 3.70. The van der Waals surface area contributed by atoms with Gasteiger partial charge >= 0.3 is 0 Å². The molecule has 0 saturated heterocycles. The molecular formula is C15H25N3O2S. The number of nitrogens with zero attached hydrogens (tertiary/aromatic N) is 2. The highest BCUT2D eigenvalue weighted by Gasteiger charge is 2.25. The molecule has 2 rings (SSSR count). The molecule has 0 unspecified atom stereocenters. The number of hydrogen-bond donors (Lipinski definition) is 1. The second-order valence-electron chi connectivity index (χ2n) is 5.70. The first-order valence-electron chi connectivity index (χ1n) is 7.47. The van der Waals surface area contributed by atoms with Crippen molar-refractivity contribution in [1.29, 1.82) is 0 Å². The van der Waals surface area contributed by atoms with Crippen molar-refractivity contribution in [3.63, 3.8) is 0 Å². The second-order valence-corrected chi connectivity index (χ2v) is 7.64. The molecule has 0 radical (unpaired) electrons. The Morgan fingerprint density at radius 1 is 1.19 bits per heavy atom. The third-order valence-corrected chi connectivity index (χ3v) is 5.59. The predicted octanol–water partition coefficient (Wildman–Crippen LogP) is 1.62. The summed E-state index contributed by atoms with van der Waals surface area (Å²) in [7, 11) is 0.495. The third kappa shape index (κ3) is 3.75. The molecular weight excluding hydrogens is 286 g/mol. The van der Waals surface area contributed by atoms with Crippen LogP contribution in [0.15, 0.2) is 23.1 Å². The molecule has 1 aliphatic heterocycles. The number of nitrogens with one attached hydrogen (secondary N) is 1. The summed E-state index contributed by atoms with van der Waals surface area (Å²) in [6, 6.07) is 5.44. The zero-order valence-electron chi connectivity index (χ0n) is 13.1. The van der Waals surface area contributed by atoms with Crippen molar-refractivity contribution in [1.82, 2.24) is 9.21 Å². The smallest absolute Gasteiger partial charge is 0.243 e. The minimum atomic E-state index is -3.41. The van der Waals surface area contributed by atoms with E-state index in [0.29, 0.717) is 18.0 Å². The van der Waals surface area contributed by atoms with Gasteiger partial charge < -0.3 is 10.2 Å². The van der Waals surface area contributed by atoms with E-state index in [0.717, 1.165) is 31.6 Å². The second kappa shape index (κ2) is 6.77. The summed E-state index contributed by atoms with van der Waals surface area (Å²) in [5, 5.41) is 3.24. The van der Waals surface area contributed by atoms with Gasteiger partial charge in [-0.3, -0.25) is 0 Å². The molecule has 0 bridgehead atoms. The molecule has 21 heavy (non-hydrogen) atoms. The molecule has 0 aromatic heterocycles. The van der Waals surface area contributed by atoms with Crippen LogP contribution in [0.2, 0.25) is 0 Å². The molecule has 1 aromatic rings. The predicted molar refractivity (Wildman–Crippen MR) is 86.2 cm³/mol. The molecule has 0 amide bonds. The van der Waals surface area contributed by atoms with E-state index in [1.54, 1.807) is 16.4 Å². The van der Waals surface area contributed by atoms with Gasteiger partial charge in [0.1, 0.15) is 0 Å². The number of likely N-dealkylation sites (N-methyl/N-ethyl adjacent to an activating group) is 1. The normalized spacial score (nSPS) is 14.5. The average Bonchev–Trinajstić information content (AvgIpc) is 2.90. The van der Waals surface area contributed by atoms with Crippen LogP contribution in [0.4, 0.5) is 5.69 Å². The van der Waals surface area contributed by atoms with E-state index in [1.807, 2.05) is 32.0 Å². The van der Waals surface area contributed by atoms with Gasteiger partial charge in [-0.2, -0.15) is 4.31 Å². The lowest BCUT2D eigenvalue weighted by Crippen LogP contribution is -2.37. The SMILES string of the molecule is CCCN(CCN(C)C)S(=O)(=O)c1ccc2c(c1)NCC2. The molecule has 0 spiro atoms. The number of benzene rings is 1. The van der Waals surface area contributed by atoms with Crippen molar-refractivity contribution < 1.29 is 8.42 Å². The summed E-state index contributed by atoms with van der Waals surface area (Å²) < 4.78 is 27.2. The van der Waals surface area contributed by atoms with Crippen LogP contribution in [0, 0.1) is 0 Å². The molecule has 0 aliphatic carbocycles. The van der Waals surface area contributed by atoms with Gasteiger partial charge in [-0.05, 0) is 44.6 Å². The summed E-state index contributed by atoms with van der Waals surface area (Å²) in [5.74, 6) is 0. The Bertz CT molecular complexity index is 585. The number of sulfonamides is 1. The molecule has 5 nitrogen and oxygen atoms in total. The maximum atomic E-state index is 12.8. The van der Waals surface area contributed by atoms with Crippen LogP contribution in [0.3, 0.4) is 0 Å². The molecule has 6 heteroatoms. The van der Waals surface area contributed by atoms with Gasteiger partial charge in [0.25, 0.3) is 0 Å². The highest BCUT2D eigenvalue weighted by Crippen LogP contribution is 2.27. The largest absolute Gasteiger partial charge is 0.384 e. The summed E-state index contributed by atoms with van der Waals surface area (Å²) in [5.41, 5.74) is 2.16. The van der Waals surface area contributed by atoms with Crippen molar-refractivity contribution in [2.45, 2.75) is 24.7 Å². The lowest BCUT2D eigenvalue weighted by molar-refractivity contribution is 0.333. The van der Waals surface area contributed by atoms with E-state index in [1.165, 1.54) is 5.56 Å². The van der Waals surface area contributed by atoms with Gasteiger partial charge in [-0.15, -0.1) is 0 Å². The van der Waals surface area contributed by atoms with E-state index in [2.05, 4.69) is 5.32 Å². The highest BCUT2D eigenvalue weighted by molar-refractivity contribution is 7.89. The van der Waals surface area contributed by atoms with Gasteiger partial charge in [0.2, 0.25) is 10.0 Å². The first kappa shape index (κ1) is 16.3. The van der Waals surface area contributed by atoms with Gasteiger partial charge in [-0.1, -0.05) is 13.0 Å². The molecule has 1 heterocycles. The molecule has 1 N–H and O–H groups in total. The van der Waals surface area contributed by atoms with Crippen LogP contribution in [0.1, 0.15) is 18.9 Å². The van der Waals surface area contributed by atoms with E-state index >= 15 is 0 Å². The minimum absolute atomic E-state index is 0.392. The monoisotopic (exact) mass is 311 g/mol. The van der Waals surface area contributed by atoms with Crippen molar-refractivity contribution in [3.8, 4) is 0 Å². The van der Waals surface area contributed by atoms with E-state index in [4.69, 9.17) is 0 Å². The zero-order chi connectivity index (χ0) is 15.5. The molecule has 1 aliphatic rings. The minimum Gasteiger partial charge on any atom is -0.384 e. The Morgan fingerprint density at radius 3 is 2.62 bits per heavy atom. The van der Waals surface area contributed by atoms with Crippen molar-refractivity contribution >= 4 is 15.7 Å². The standard InChI is InChI=1S/C15H25N3O2S/c1-4-9-18(11-10-17(2)3)21(19,20)14-6-5-13-7-8-16-15(13)12-14/h5-6,12,16H,4,7-11H2,1-3H3. The number of hydrogen-bond acceptors (Lipinski definition) is 4. The first-order valence-corrected chi connectivity index (χ1v) is 8.91. The van der Waals surface area contributed by atoms with Crippen molar-refractivity contribution in [3.05, 3.63) is 23.8 Å². The first-order chi connectivity index (χ1) is 9.95. The van der Waals surface area contributed by atoms with Gasteiger partial charge in [0.15, 0.2) is 0 Å². The van der Waals surface area contributed by atoms with Gasteiger partial charge in [-0.25, -0.2) is 8.42 Å². The quantitative estimate of drug-likeness (QED) is 0.831. The lowest BCUT2D eigenvalue weighted by atomic mass is 10.2. The molecule has 0 saturated carbocycles. The number of rotatable bonds is 7. The topological polar surface area (TPSA) is 52.7 Å².